The molecule has 11 amide bonds. The Morgan fingerprint density at radius 3 is 0.870 bits per heavy atom. The molecule has 15 N–H and O–H groups in total. The van der Waals surface area contributed by atoms with Gasteiger partial charge >= 0.3 is 78.5 Å². The fourth-order valence-electron chi connectivity index (χ4n) is 14.7. The third kappa shape index (κ3) is 34.7. The van der Waals surface area contributed by atoms with Gasteiger partial charge in [-0.1, -0.05) is 13.8 Å². The molecule has 0 saturated carbocycles. The fourth-order valence-corrected chi connectivity index (χ4v) is 14.7. The van der Waals surface area contributed by atoms with Gasteiger partial charge in [0.2, 0.25) is 29.6 Å². The van der Waals surface area contributed by atoms with Gasteiger partial charge in [0, 0.05) is 168 Å². The van der Waals surface area contributed by atoms with Crippen molar-refractivity contribution in [2.45, 2.75) is 217 Å². The summed E-state index contributed by atoms with van der Waals surface area (Å²) in [5.74, 6) is -6.10. The van der Waals surface area contributed by atoms with Gasteiger partial charge in [0.05, 0.1) is 32.7 Å². The molecule has 0 aliphatic carbocycles. The molecule has 10 saturated heterocycles. The minimum atomic E-state index is -1.11. The molecule has 10 heterocycles. The minimum Gasteiger partial charge on any atom is -0.481 e. The molecule has 0 aromatic rings. The zero-order valence-electron chi connectivity index (χ0n) is 71.3. The van der Waals surface area contributed by atoms with Gasteiger partial charge in [0.15, 0.2) is 5.96 Å². The van der Waals surface area contributed by atoms with Gasteiger partial charge in [-0.05, 0) is 80.3 Å². The molecule has 0 radical (unpaired) electrons. The van der Waals surface area contributed by atoms with Crippen molar-refractivity contribution in [3.8, 4) is 0 Å². The normalized spacial score (nSPS) is 19.2. The van der Waals surface area contributed by atoms with E-state index in [1.54, 1.807) is 61.1 Å². The number of nitrogens with zero attached hydrogens (tertiary/aromatic N) is 11. The predicted octanol–water partition coefficient (Wildman–Crippen LogP) is 1.44. The van der Waals surface area contributed by atoms with E-state index in [4.69, 9.17) is 81.0 Å². The first kappa shape index (κ1) is 102. The second-order valence-corrected chi connectivity index (χ2v) is 33.2. The van der Waals surface area contributed by atoms with Crippen molar-refractivity contribution in [2.24, 2.45) is 27.2 Å². The lowest BCUT2D eigenvalue weighted by Gasteiger charge is -2.37. The van der Waals surface area contributed by atoms with E-state index in [0.717, 1.165) is 43.7 Å². The third-order valence-corrected chi connectivity index (χ3v) is 20.6. The van der Waals surface area contributed by atoms with E-state index in [1.807, 2.05) is 13.8 Å². The highest BCUT2D eigenvalue weighted by molar-refractivity contribution is 6.01. The lowest BCUT2D eigenvalue weighted by atomic mass is 9.91. The average molecular weight is 1750 g/mol. The molecule has 0 atom stereocenters. The monoisotopic (exact) mass is 1750 g/mol. The fraction of sp³-hybridized carbons (Fsp3) is 0.750. The van der Waals surface area contributed by atoms with Gasteiger partial charge in [0.1, 0.15) is 71.9 Å². The number of hydrogen-bond acceptors (Lipinski definition) is 28. The number of piperidine rings is 5. The van der Waals surface area contributed by atoms with E-state index >= 15 is 0 Å². The SMILES string of the molecule is CC(C)(C)OC(=O)NC(=NCCCC(=O)N1CCC2(CC1)CN(CC(=O)O)C(=O)O2)NC(=O)OC(C)(C)C.CCCC(=O)N1CCC2(CC1)CN(CC(=O)O)C(=O)O2.CCCC(=O)O.NC(N)=NCCCC(=O)N1CCC2(CC1)CN(CC(=O)O)C(=O)O2.NCCC(=O)N1CCC2(CC1)CN(CC(=O)O)C(=O)O2.O=C(O)CN1CC2(CCNCC2)OC1=O. The Hall–Kier alpha value is -11.5. The second kappa shape index (κ2) is 46.6. The summed E-state index contributed by atoms with van der Waals surface area (Å²) in [4.78, 5) is 215. The van der Waals surface area contributed by atoms with Crippen LogP contribution in [-0.4, -0.2) is 378 Å². The first-order valence-corrected chi connectivity index (χ1v) is 40.9. The van der Waals surface area contributed by atoms with Gasteiger partial charge < -0.3 is 106 Å². The largest absolute Gasteiger partial charge is 0.481 e. The Kier molecular flexibility index (Phi) is 38.7. The molecule has 10 fully saturated rings. The zero-order chi connectivity index (χ0) is 91.8. The minimum absolute atomic E-state index is 0.00839. The van der Waals surface area contributed by atoms with Crippen LogP contribution in [0.1, 0.15) is 177 Å². The molecule has 0 aromatic carbocycles. The van der Waals surface area contributed by atoms with Crippen molar-refractivity contribution in [3.05, 3.63) is 0 Å². The summed E-state index contributed by atoms with van der Waals surface area (Å²) in [6.07, 6.45) is 5.21. The Morgan fingerprint density at radius 2 is 0.642 bits per heavy atom. The maximum atomic E-state index is 12.7. The van der Waals surface area contributed by atoms with E-state index in [1.165, 1.54) is 19.6 Å². The topological polar surface area (TPSA) is 644 Å². The summed E-state index contributed by atoms with van der Waals surface area (Å²) in [5, 5.41) is 59.7. The van der Waals surface area contributed by atoms with E-state index in [9.17, 15) is 81.5 Å². The molecule has 10 aliphatic rings. The molecule has 5 spiro atoms. The van der Waals surface area contributed by atoms with Gasteiger partial charge in [-0.3, -0.25) is 93.1 Å². The van der Waals surface area contributed by atoms with Crippen molar-refractivity contribution < 1.29 is 145 Å². The average Bonchev–Trinajstić information content (AvgIpc) is 1.67. The van der Waals surface area contributed by atoms with Crippen molar-refractivity contribution >= 4 is 114 Å². The van der Waals surface area contributed by atoms with E-state index in [-0.39, 0.29) is 94.3 Å². The highest BCUT2D eigenvalue weighted by atomic mass is 16.6. The van der Waals surface area contributed by atoms with Crippen LogP contribution in [0.3, 0.4) is 0 Å². The second-order valence-electron chi connectivity index (χ2n) is 33.2. The van der Waals surface area contributed by atoms with Crippen LogP contribution in [0, 0.1) is 0 Å². The van der Waals surface area contributed by atoms with Crippen LogP contribution in [0.25, 0.3) is 0 Å². The summed E-state index contributed by atoms with van der Waals surface area (Å²) in [5.41, 5.74) is 11.1. The van der Waals surface area contributed by atoms with Gasteiger partial charge in [-0.2, -0.15) is 0 Å². The molecule has 10 rings (SSSR count). The first-order chi connectivity index (χ1) is 57.6. The van der Waals surface area contributed by atoms with Crippen LogP contribution in [-0.2, 0) is 81.1 Å². The number of carboxylic acids is 6. The Balaban J connectivity index is 0.000000277. The number of rotatable bonds is 24. The van der Waals surface area contributed by atoms with E-state index in [0.29, 0.717) is 168 Å². The summed E-state index contributed by atoms with van der Waals surface area (Å²) in [6.45, 7) is 20.0. The van der Waals surface area contributed by atoms with Crippen molar-refractivity contribution in [3.63, 3.8) is 0 Å². The number of likely N-dealkylation sites (tertiary alicyclic amines) is 4. The number of carbonyl (C=O) groups excluding carboxylic acids is 11. The van der Waals surface area contributed by atoms with Crippen LogP contribution in [0.5, 0.6) is 0 Å². The number of nitrogens with two attached hydrogens (primary N) is 3. The molecular weight excluding hydrogens is 1630 g/mol. The van der Waals surface area contributed by atoms with Crippen LogP contribution < -0.4 is 33.2 Å². The highest BCUT2D eigenvalue weighted by Gasteiger charge is 2.53. The van der Waals surface area contributed by atoms with Crippen molar-refractivity contribution in [1.29, 1.82) is 0 Å². The number of alkyl carbamates (subject to hydrolysis) is 2. The third-order valence-electron chi connectivity index (χ3n) is 20.6. The number of guanidine groups is 2. The van der Waals surface area contributed by atoms with Gasteiger partial charge in [-0.15, -0.1) is 0 Å². The quantitative estimate of drug-likeness (QED) is 0.0281. The maximum Gasteiger partial charge on any atom is 0.414 e. The van der Waals surface area contributed by atoms with Crippen molar-refractivity contribution in [2.75, 3.05) is 151 Å². The lowest BCUT2D eigenvalue weighted by molar-refractivity contribution is -0.138. The molecule has 10 aliphatic heterocycles. The molecule has 123 heavy (non-hydrogen) atoms. The number of aliphatic carboxylic acids is 6. The number of carboxylic acid groups (broad SMARTS) is 6. The van der Waals surface area contributed by atoms with Crippen molar-refractivity contribution in [1.82, 2.24) is 60.0 Å². The molecule has 0 bridgehead atoms. The lowest BCUT2D eigenvalue weighted by Crippen LogP contribution is -2.49. The standard InChI is InChI=1S/C24H39N5O9.C14H23N5O5.C13H20N2O5.C12H19N3O5.C9H14N2O4.C4H8O2/c1-22(2,3)36-19(33)26-18(27-20(34)37-23(4,5)6)25-11-7-8-16(30)28-12-9-24(10-13-28)15-29(14-17(31)32)21(35)38-24;15-12(16)17-5-1-2-10(20)18-6-3-14(4-7-18)9-19(8-11(21)22)13(23)24-14;1-2-3-10(16)14-6-4-13(5-7-14)9-15(8-11(17)18)12(19)20-13;13-4-1-9(16)14-5-2-12(3-6-14)8-15(7-10(17)18)11(19)20-12;12-7(13)5-11-6-9(15-8(11)14)1-3-10-4-2-9;1-2-3-4(5)6/h7-15H2,1-6H3,(H,31,32)(H2,25,26,27,33,34);1-9H2,(H,21,22)(H4,15,16,17);2-9H2,1H3,(H,17,18);1-8,13H2,(H,17,18);10H,1-6H2,(H,12,13);2-3H2,1H3,(H,5,6). The number of aliphatic imine (C=N–C) groups is 2. The molecular formula is C76H123N17O30. The summed E-state index contributed by atoms with van der Waals surface area (Å²) in [6, 6.07) is 0. The number of nitrogens with one attached hydrogen (secondary N) is 3. The van der Waals surface area contributed by atoms with Crippen LogP contribution in [0.2, 0.25) is 0 Å². The van der Waals surface area contributed by atoms with Gasteiger partial charge in [-0.25, -0.2) is 33.6 Å². The van der Waals surface area contributed by atoms with Crippen LogP contribution >= 0.6 is 0 Å². The Morgan fingerprint density at radius 1 is 0.390 bits per heavy atom. The molecule has 0 aromatic heterocycles. The maximum absolute atomic E-state index is 12.7. The molecule has 47 nitrogen and oxygen atoms in total. The van der Waals surface area contributed by atoms with E-state index in [2.05, 4.69) is 25.9 Å². The number of ether oxygens (including phenoxy) is 7. The zero-order valence-corrected chi connectivity index (χ0v) is 71.3. The molecule has 47 heteroatoms. The predicted molar refractivity (Wildman–Crippen MR) is 429 cm³/mol. The Bertz CT molecular complexity index is 3680. The van der Waals surface area contributed by atoms with Crippen LogP contribution in [0.15, 0.2) is 9.98 Å². The first-order valence-electron chi connectivity index (χ1n) is 40.9. The summed E-state index contributed by atoms with van der Waals surface area (Å²) in [7, 11) is 0. The number of hydrogen-bond donors (Lipinski definition) is 12. The smallest absolute Gasteiger partial charge is 0.414 e. The number of amides is 11. The van der Waals surface area contributed by atoms with Gasteiger partial charge in [0.25, 0.3) is 0 Å². The highest BCUT2D eigenvalue weighted by Crippen LogP contribution is 2.38. The molecule has 692 valence electrons. The summed E-state index contributed by atoms with van der Waals surface area (Å²) < 4.78 is 37.3. The van der Waals surface area contributed by atoms with Crippen LogP contribution in [0.4, 0.5) is 33.6 Å². The molecule has 0 unspecified atom stereocenters. The van der Waals surface area contributed by atoms with E-state index < -0.39 is 124 Å². The Labute approximate surface area is 711 Å². The number of carbonyl (C=O) groups is 17. The summed E-state index contributed by atoms with van der Waals surface area (Å²) >= 11 is 0.